The van der Waals surface area contributed by atoms with Gasteiger partial charge in [-0.1, -0.05) is 42.0 Å². The van der Waals surface area contributed by atoms with Crippen LogP contribution in [-0.2, 0) is 0 Å². The number of benzene rings is 2. The summed E-state index contributed by atoms with van der Waals surface area (Å²) in [6.07, 6.45) is 3.78. The number of fused-ring (bicyclic) bond motifs is 2. The van der Waals surface area contributed by atoms with Crippen molar-refractivity contribution < 1.29 is 9.59 Å². The van der Waals surface area contributed by atoms with E-state index in [-0.39, 0.29) is 11.6 Å². The van der Waals surface area contributed by atoms with Gasteiger partial charge in [0, 0.05) is 35.3 Å². The third-order valence-electron chi connectivity index (χ3n) is 5.10. The molecule has 0 radical (unpaired) electrons. The molecule has 2 aromatic carbocycles. The minimum Gasteiger partial charge on any atom is -0.391 e. The Bertz CT molecular complexity index is 954. The molecule has 0 fully saturated rings. The highest BCUT2D eigenvalue weighted by atomic mass is 16.1. The second-order valence-corrected chi connectivity index (χ2v) is 6.71. The van der Waals surface area contributed by atoms with Crippen LogP contribution >= 0.6 is 0 Å². The number of hydrogen-bond acceptors (Lipinski definition) is 4. The van der Waals surface area contributed by atoms with Crippen molar-refractivity contribution in [3.05, 3.63) is 88.8 Å². The van der Waals surface area contributed by atoms with Crippen LogP contribution in [0.2, 0.25) is 0 Å². The zero-order valence-corrected chi connectivity index (χ0v) is 14.7. The molecule has 0 bridgehead atoms. The van der Waals surface area contributed by atoms with Crippen molar-refractivity contribution in [1.29, 1.82) is 0 Å². The van der Waals surface area contributed by atoms with Crippen molar-refractivity contribution in [2.24, 2.45) is 11.8 Å². The fourth-order valence-corrected chi connectivity index (χ4v) is 3.74. The average Bonchev–Trinajstić information content (AvgIpc) is 2.67. The molecule has 2 aliphatic rings. The summed E-state index contributed by atoms with van der Waals surface area (Å²) in [6, 6.07) is 15.1. The van der Waals surface area contributed by atoms with E-state index >= 15 is 0 Å². The van der Waals surface area contributed by atoms with Crippen LogP contribution < -0.4 is 10.6 Å². The largest absolute Gasteiger partial charge is 0.391 e. The Morgan fingerprint density at radius 1 is 0.769 bits per heavy atom. The van der Waals surface area contributed by atoms with Crippen LogP contribution in [0.3, 0.4) is 0 Å². The molecule has 4 heteroatoms. The standard InChI is InChI=1S/C22H20N2O2/c1-13-7-9-14(10-8-13)24-18-12-11-17(23-2)19-20(18)22(26)16-6-4-3-5-15(16)21(19)25/h3-12,19-20,23-24H,1-2H3. The van der Waals surface area contributed by atoms with Gasteiger partial charge in [0.2, 0.25) is 0 Å². The van der Waals surface area contributed by atoms with Crippen molar-refractivity contribution in [3.8, 4) is 0 Å². The lowest BCUT2D eigenvalue weighted by atomic mass is 9.69. The lowest BCUT2D eigenvalue weighted by molar-refractivity contribution is 0.0782. The summed E-state index contributed by atoms with van der Waals surface area (Å²) in [4.78, 5) is 26.3. The quantitative estimate of drug-likeness (QED) is 0.891. The van der Waals surface area contributed by atoms with Gasteiger partial charge >= 0.3 is 0 Å². The SMILES string of the molecule is CNC1=CC=C(Nc2ccc(C)cc2)C2C(=O)c3ccccc3C(=O)C12. The second kappa shape index (κ2) is 6.30. The molecule has 130 valence electrons. The Morgan fingerprint density at radius 3 is 1.88 bits per heavy atom. The van der Waals surface area contributed by atoms with Gasteiger partial charge in [0.05, 0.1) is 11.8 Å². The number of rotatable bonds is 3. The summed E-state index contributed by atoms with van der Waals surface area (Å²) in [6.45, 7) is 2.03. The maximum atomic E-state index is 13.2. The molecule has 0 saturated heterocycles. The maximum Gasteiger partial charge on any atom is 0.173 e. The molecule has 4 rings (SSSR count). The van der Waals surface area contributed by atoms with Gasteiger partial charge in [-0.15, -0.1) is 0 Å². The minimum atomic E-state index is -0.536. The summed E-state index contributed by atoms with van der Waals surface area (Å²) in [7, 11) is 1.79. The summed E-state index contributed by atoms with van der Waals surface area (Å²) in [5.41, 5.74) is 4.62. The predicted molar refractivity (Wildman–Crippen MR) is 102 cm³/mol. The lowest BCUT2D eigenvalue weighted by Crippen LogP contribution is -2.43. The van der Waals surface area contributed by atoms with Gasteiger partial charge in [-0.3, -0.25) is 9.59 Å². The van der Waals surface area contributed by atoms with Crippen LogP contribution in [0.25, 0.3) is 0 Å². The topological polar surface area (TPSA) is 58.2 Å². The fourth-order valence-electron chi connectivity index (χ4n) is 3.74. The van der Waals surface area contributed by atoms with Gasteiger partial charge < -0.3 is 10.6 Å². The first-order valence-corrected chi connectivity index (χ1v) is 8.71. The Hall–Kier alpha value is -3.14. The van der Waals surface area contributed by atoms with Crippen LogP contribution in [0.1, 0.15) is 26.3 Å². The van der Waals surface area contributed by atoms with E-state index in [4.69, 9.17) is 0 Å². The summed E-state index contributed by atoms with van der Waals surface area (Å²) < 4.78 is 0. The van der Waals surface area contributed by atoms with Crippen LogP contribution in [0.15, 0.2) is 72.1 Å². The highest BCUT2D eigenvalue weighted by Gasteiger charge is 2.46. The molecule has 2 N–H and O–H groups in total. The number of carbonyl (C=O) groups excluding carboxylic acids is 2. The molecule has 4 nitrogen and oxygen atoms in total. The number of hydrogen-bond donors (Lipinski definition) is 2. The molecule has 0 amide bonds. The first-order valence-electron chi connectivity index (χ1n) is 8.71. The highest BCUT2D eigenvalue weighted by molar-refractivity contribution is 6.18. The monoisotopic (exact) mass is 344 g/mol. The maximum absolute atomic E-state index is 13.2. The Balaban J connectivity index is 1.78. The van der Waals surface area contributed by atoms with Gasteiger partial charge in [-0.05, 0) is 31.2 Å². The van der Waals surface area contributed by atoms with Crippen LogP contribution in [0.4, 0.5) is 5.69 Å². The molecule has 0 aliphatic heterocycles. The minimum absolute atomic E-state index is 0.0119. The van der Waals surface area contributed by atoms with Crippen LogP contribution in [0, 0.1) is 18.8 Å². The van der Waals surface area contributed by atoms with E-state index < -0.39 is 11.8 Å². The molecule has 0 saturated carbocycles. The molecular formula is C22H20N2O2. The van der Waals surface area contributed by atoms with Gasteiger partial charge in [-0.2, -0.15) is 0 Å². The lowest BCUT2D eigenvalue weighted by Gasteiger charge is -2.36. The van der Waals surface area contributed by atoms with E-state index in [1.54, 1.807) is 31.3 Å². The third-order valence-corrected chi connectivity index (χ3v) is 5.10. The van der Waals surface area contributed by atoms with Crippen molar-refractivity contribution in [2.45, 2.75) is 6.92 Å². The zero-order chi connectivity index (χ0) is 18.3. The van der Waals surface area contributed by atoms with Gasteiger partial charge in [0.1, 0.15) is 0 Å². The molecule has 2 aliphatic carbocycles. The number of allylic oxidation sites excluding steroid dienone is 4. The van der Waals surface area contributed by atoms with Gasteiger partial charge in [0.15, 0.2) is 11.6 Å². The summed E-state index contributed by atoms with van der Waals surface area (Å²) in [5.74, 6) is -1.08. The summed E-state index contributed by atoms with van der Waals surface area (Å²) >= 11 is 0. The van der Waals surface area contributed by atoms with Gasteiger partial charge in [-0.25, -0.2) is 0 Å². The van der Waals surface area contributed by atoms with Crippen molar-refractivity contribution in [2.75, 3.05) is 12.4 Å². The smallest absolute Gasteiger partial charge is 0.173 e. The molecule has 2 atom stereocenters. The van der Waals surface area contributed by atoms with Crippen LogP contribution in [0.5, 0.6) is 0 Å². The first-order chi connectivity index (χ1) is 12.6. The fraction of sp³-hybridized carbons (Fsp3) is 0.182. The number of anilines is 1. The van der Waals surface area contributed by atoms with Gasteiger partial charge in [0.25, 0.3) is 0 Å². The number of Topliss-reactive ketones (excluding diaryl/α,β-unsaturated/α-hetero) is 2. The van der Waals surface area contributed by atoms with E-state index in [1.807, 2.05) is 43.3 Å². The van der Waals surface area contributed by atoms with E-state index in [9.17, 15) is 9.59 Å². The highest BCUT2D eigenvalue weighted by Crippen LogP contribution is 2.40. The Kier molecular flexibility index (Phi) is 3.96. The first kappa shape index (κ1) is 16.3. The Morgan fingerprint density at radius 2 is 1.31 bits per heavy atom. The second-order valence-electron chi connectivity index (χ2n) is 6.71. The molecule has 0 spiro atoms. The van der Waals surface area contributed by atoms with E-state index in [0.29, 0.717) is 11.1 Å². The molecule has 0 heterocycles. The molecule has 0 aromatic heterocycles. The summed E-state index contributed by atoms with van der Waals surface area (Å²) in [5, 5.41) is 6.44. The molecule has 2 unspecified atom stereocenters. The molecular weight excluding hydrogens is 324 g/mol. The third kappa shape index (κ3) is 2.54. The number of nitrogens with one attached hydrogen (secondary N) is 2. The average molecular weight is 344 g/mol. The van der Waals surface area contributed by atoms with Crippen molar-refractivity contribution >= 4 is 17.3 Å². The van der Waals surface area contributed by atoms with Crippen LogP contribution in [-0.4, -0.2) is 18.6 Å². The van der Waals surface area contributed by atoms with E-state index in [1.165, 1.54) is 5.56 Å². The van der Waals surface area contributed by atoms with Crippen molar-refractivity contribution in [1.82, 2.24) is 5.32 Å². The Labute approximate surface area is 152 Å². The zero-order valence-electron chi connectivity index (χ0n) is 14.7. The number of ketones is 2. The molecule has 26 heavy (non-hydrogen) atoms. The number of carbonyl (C=O) groups is 2. The normalized spacial score (nSPS) is 21.3. The predicted octanol–water partition coefficient (Wildman–Crippen LogP) is 3.72. The van der Waals surface area contributed by atoms with E-state index in [0.717, 1.165) is 17.1 Å². The molecule has 2 aromatic rings. The van der Waals surface area contributed by atoms with E-state index in [2.05, 4.69) is 10.6 Å². The van der Waals surface area contributed by atoms with Crippen molar-refractivity contribution in [3.63, 3.8) is 0 Å². The number of aryl methyl sites for hydroxylation is 1.